The van der Waals surface area contributed by atoms with Gasteiger partial charge in [-0.3, -0.25) is 14.6 Å². The highest BCUT2D eigenvalue weighted by Gasteiger charge is 2.15. The summed E-state index contributed by atoms with van der Waals surface area (Å²) >= 11 is 0. The number of aromatic amines is 1. The molecule has 10 nitrogen and oxygen atoms in total. The Morgan fingerprint density at radius 3 is 2.21 bits per heavy atom. The van der Waals surface area contributed by atoms with Gasteiger partial charge in [0.15, 0.2) is 5.82 Å². The molecule has 2 aliphatic rings. The van der Waals surface area contributed by atoms with Crippen molar-refractivity contribution in [3.63, 3.8) is 0 Å². The van der Waals surface area contributed by atoms with Crippen LogP contribution in [0.2, 0.25) is 0 Å². The van der Waals surface area contributed by atoms with Crippen LogP contribution in [0.1, 0.15) is 11.1 Å². The molecule has 2 saturated heterocycles. The predicted octanol–water partition coefficient (Wildman–Crippen LogP) is 2.36. The fraction of sp³-hybridized carbons (Fsp3) is 0.357. The lowest BCUT2D eigenvalue weighted by atomic mass is 10.1. The van der Waals surface area contributed by atoms with E-state index in [1.807, 2.05) is 24.3 Å². The summed E-state index contributed by atoms with van der Waals surface area (Å²) in [6, 6.07) is 16.6. The molecule has 6 rings (SSSR count). The molecular weight excluding hydrogens is 480 g/mol. The lowest BCUT2D eigenvalue weighted by Gasteiger charge is -2.27. The molecule has 0 aliphatic carbocycles. The Morgan fingerprint density at radius 1 is 0.842 bits per heavy atom. The SMILES string of the molecule is O=c1[nH]ncc2nc(-c3ccc(CN4CCOCC4)cc3)nc(Nc3ccc(CN4CCNCC4)cc3)c12. The summed E-state index contributed by atoms with van der Waals surface area (Å²) in [5.41, 5.74) is 4.39. The first-order valence-electron chi connectivity index (χ1n) is 13.2. The zero-order valence-electron chi connectivity index (χ0n) is 21.3. The van der Waals surface area contributed by atoms with Crippen LogP contribution in [-0.2, 0) is 17.8 Å². The first-order chi connectivity index (χ1) is 18.7. The van der Waals surface area contributed by atoms with Crippen LogP contribution in [0.25, 0.3) is 22.3 Å². The molecule has 2 aromatic heterocycles. The van der Waals surface area contributed by atoms with Crippen molar-refractivity contribution >= 4 is 22.4 Å². The molecule has 10 heteroatoms. The van der Waals surface area contributed by atoms with Crippen LogP contribution in [0.4, 0.5) is 11.5 Å². The van der Waals surface area contributed by atoms with Gasteiger partial charge in [0.25, 0.3) is 5.56 Å². The first kappa shape index (κ1) is 24.6. The van der Waals surface area contributed by atoms with E-state index in [0.717, 1.165) is 76.8 Å². The average molecular weight is 513 g/mol. The second-order valence-electron chi connectivity index (χ2n) is 9.79. The molecule has 3 N–H and O–H groups in total. The number of ether oxygens (including phenoxy) is 1. The molecule has 0 radical (unpaired) electrons. The van der Waals surface area contributed by atoms with Gasteiger partial charge in [-0.05, 0) is 23.3 Å². The van der Waals surface area contributed by atoms with Crippen molar-refractivity contribution in [2.45, 2.75) is 13.1 Å². The molecule has 0 amide bonds. The van der Waals surface area contributed by atoms with E-state index in [1.165, 1.54) is 11.1 Å². The zero-order chi connectivity index (χ0) is 25.7. The van der Waals surface area contributed by atoms with E-state index in [4.69, 9.17) is 9.72 Å². The second kappa shape index (κ2) is 11.4. The van der Waals surface area contributed by atoms with Crippen molar-refractivity contribution in [2.75, 3.05) is 57.8 Å². The Balaban J connectivity index is 1.24. The van der Waals surface area contributed by atoms with Crippen molar-refractivity contribution < 1.29 is 4.74 Å². The molecule has 2 aromatic carbocycles. The van der Waals surface area contributed by atoms with Gasteiger partial charge in [-0.2, -0.15) is 5.10 Å². The minimum atomic E-state index is -0.326. The zero-order valence-corrected chi connectivity index (χ0v) is 21.3. The van der Waals surface area contributed by atoms with Crippen molar-refractivity contribution in [3.05, 3.63) is 76.2 Å². The molecule has 196 valence electrons. The number of aromatic nitrogens is 4. The van der Waals surface area contributed by atoms with Crippen molar-refractivity contribution in [3.8, 4) is 11.4 Å². The highest BCUT2D eigenvalue weighted by Crippen LogP contribution is 2.26. The number of H-pyrrole nitrogens is 1. The molecule has 0 bridgehead atoms. The number of nitrogens with one attached hydrogen (secondary N) is 3. The van der Waals surface area contributed by atoms with Crippen molar-refractivity contribution in [1.29, 1.82) is 0 Å². The normalized spacial score (nSPS) is 17.1. The van der Waals surface area contributed by atoms with E-state index in [-0.39, 0.29) is 5.56 Å². The maximum atomic E-state index is 12.7. The molecule has 0 unspecified atom stereocenters. The van der Waals surface area contributed by atoms with Gasteiger partial charge in [0.2, 0.25) is 0 Å². The summed E-state index contributed by atoms with van der Waals surface area (Å²) in [5.74, 6) is 1.00. The molecule has 4 aromatic rings. The Labute approximate surface area is 221 Å². The number of hydrogen-bond acceptors (Lipinski definition) is 9. The van der Waals surface area contributed by atoms with E-state index < -0.39 is 0 Å². The highest BCUT2D eigenvalue weighted by molar-refractivity contribution is 5.91. The van der Waals surface area contributed by atoms with E-state index in [0.29, 0.717) is 22.5 Å². The van der Waals surface area contributed by atoms with Gasteiger partial charge in [0, 0.05) is 63.6 Å². The van der Waals surface area contributed by atoms with Crippen LogP contribution < -0.4 is 16.2 Å². The largest absolute Gasteiger partial charge is 0.379 e. The van der Waals surface area contributed by atoms with E-state index in [9.17, 15) is 4.79 Å². The number of nitrogens with zero attached hydrogens (tertiary/aromatic N) is 5. The summed E-state index contributed by atoms with van der Waals surface area (Å²) < 4.78 is 5.45. The topological polar surface area (TPSA) is 111 Å². The summed E-state index contributed by atoms with van der Waals surface area (Å²) in [4.78, 5) is 27.0. The van der Waals surface area contributed by atoms with Gasteiger partial charge >= 0.3 is 0 Å². The Kier molecular flexibility index (Phi) is 7.36. The van der Waals surface area contributed by atoms with E-state index in [1.54, 1.807) is 6.20 Å². The highest BCUT2D eigenvalue weighted by atomic mass is 16.5. The molecule has 2 aliphatic heterocycles. The Morgan fingerprint density at radius 2 is 1.50 bits per heavy atom. The standard InChI is InChI=1S/C28H32N8O2/c37-28-25-24(17-30-34-28)32-26(22-5-1-20(2-6-22)19-36-13-15-38-16-14-36)33-27(25)31-23-7-3-21(4-8-23)18-35-11-9-29-10-12-35/h1-8,17,29H,9-16,18-19H2,(H,34,37)(H,31,32,33). The number of piperazine rings is 1. The minimum absolute atomic E-state index is 0.326. The van der Waals surface area contributed by atoms with Gasteiger partial charge < -0.3 is 15.4 Å². The predicted molar refractivity (Wildman–Crippen MR) is 147 cm³/mol. The molecule has 0 saturated carbocycles. The number of rotatable bonds is 7. The summed E-state index contributed by atoms with van der Waals surface area (Å²) in [5, 5.41) is 13.6. The summed E-state index contributed by atoms with van der Waals surface area (Å²) in [6.07, 6.45) is 1.57. The lowest BCUT2D eigenvalue weighted by Crippen LogP contribution is -2.42. The molecule has 4 heterocycles. The average Bonchev–Trinajstić information content (AvgIpc) is 2.95. The molecule has 2 fully saturated rings. The van der Waals surface area contributed by atoms with Gasteiger partial charge in [0.1, 0.15) is 16.7 Å². The van der Waals surface area contributed by atoms with Crippen LogP contribution in [-0.4, -0.2) is 82.4 Å². The summed E-state index contributed by atoms with van der Waals surface area (Å²) in [6.45, 7) is 9.45. The van der Waals surface area contributed by atoms with Gasteiger partial charge in [-0.1, -0.05) is 36.4 Å². The number of fused-ring (bicyclic) bond motifs is 1. The smallest absolute Gasteiger partial charge is 0.277 e. The molecule has 0 spiro atoms. The monoisotopic (exact) mass is 512 g/mol. The summed E-state index contributed by atoms with van der Waals surface area (Å²) in [7, 11) is 0. The Hall–Kier alpha value is -3.70. The number of anilines is 2. The number of benzene rings is 2. The van der Waals surface area contributed by atoms with Gasteiger partial charge in [-0.15, -0.1) is 0 Å². The van der Waals surface area contributed by atoms with Crippen LogP contribution in [0.15, 0.2) is 59.5 Å². The number of morpholine rings is 1. The lowest BCUT2D eigenvalue weighted by molar-refractivity contribution is 0.0342. The maximum Gasteiger partial charge on any atom is 0.277 e. The minimum Gasteiger partial charge on any atom is -0.379 e. The molecule has 0 atom stereocenters. The van der Waals surface area contributed by atoms with Crippen LogP contribution in [0, 0.1) is 0 Å². The Bertz CT molecular complexity index is 1430. The second-order valence-corrected chi connectivity index (χ2v) is 9.79. The van der Waals surface area contributed by atoms with Gasteiger partial charge in [-0.25, -0.2) is 15.1 Å². The fourth-order valence-electron chi connectivity index (χ4n) is 4.96. The van der Waals surface area contributed by atoms with E-state index >= 15 is 0 Å². The van der Waals surface area contributed by atoms with Crippen LogP contribution >= 0.6 is 0 Å². The van der Waals surface area contributed by atoms with Crippen molar-refractivity contribution in [1.82, 2.24) is 35.3 Å². The number of hydrogen-bond donors (Lipinski definition) is 3. The van der Waals surface area contributed by atoms with Crippen LogP contribution in [0.5, 0.6) is 0 Å². The quantitative estimate of drug-likeness (QED) is 0.344. The third-order valence-corrected chi connectivity index (χ3v) is 7.07. The molecular formula is C28H32N8O2. The third-order valence-electron chi connectivity index (χ3n) is 7.07. The van der Waals surface area contributed by atoms with Crippen LogP contribution in [0.3, 0.4) is 0 Å². The van der Waals surface area contributed by atoms with Gasteiger partial charge in [0.05, 0.1) is 19.4 Å². The fourth-order valence-corrected chi connectivity index (χ4v) is 4.96. The third kappa shape index (κ3) is 5.73. The van der Waals surface area contributed by atoms with E-state index in [2.05, 4.69) is 59.9 Å². The molecule has 38 heavy (non-hydrogen) atoms. The van der Waals surface area contributed by atoms with Crippen molar-refractivity contribution in [2.24, 2.45) is 0 Å². The maximum absolute atomic E-state index is 12.7. The first-order valence-corrected chi connectivity index (χ1v) is 13.2.